The lowest BCUT2D eigenvalue weighted by atomic mass is 10.2. The molecule has 0 aliphatic carbocycles. The molecular formula is C21H17Cl2FN6S. The maximum Gasteiger partial charge on any atom is 0.176 e. The zero-order valence-electron chi connectivity index (χ0n) is 16.1. The van der Waals surface area contributed by atoms with Gasteiger partial charge in [-0.15, -0.1) is 0 Å². The Labute approximate surface area is 193 Å². The first-order chi connectivity index (χ1) is 14.9. The SMILES string of the molecule is Fc1ccc(Cn2cc(Cl)c(NC(=S)Nc3cnn(Cc4cccc(Cl)c4)c3)n2)cc1. The third-order valence-electron chi connectivity index (χ3n) is 4.33. The summed E-state index contributed by atoms with van der Waals surface area (Å²) in [5.74, 6) is 0.143. The lowest BCUT2D eigenvalue weighted by molar-refractivity contribution is 0.624. The van der Waals surface area contributed by atoms with Crippen LogP contribution in [0.2, 0.25) is 10.0 Å². The summed E-state index contributed by atoms with van der Waals surface area (Å²) in [5.41, 5.74) is 2.67. The van der Waals surface area contributed by atoms with Crippen LogP contribution in [0.5, 0.6) is 0 Å². The van der Waals surface area contributed by atoms with Gasteiger partial charge in [0.25, 0.3) is 0 Å². The molecule has 0 fully saturated rings. The standard InChI is InChI=1S/C21H17Cl2FN6S/c22-16-3-1-2-15(8-16)11-29-12-18(9-25-29)26-21(31)27-20-19(23)13-30(28-20)10-14-4-6-17(24)7-5-14/h1-9,12-13H,10-11H2,(H2,26,27,28,31). The van der Waals surface area contributed by atoms with Gasteiger partial charge in [-0.05, 0) is 47.6 Å². The topological polar surface area (TPSA) is 59.7 Å². The Morgan fingerprint density at radius 3 is 2.52 bits per heavy atom. The minimum absolute atomic E-state index is 0.281. The van der Waals surface area contributed by atoms with Crippen LogP contribution < -0.4 is 10.6 Å². The Kier molecular flexibility index (Phi) is 6.50. The molecule has 158 valence electrons. The van der Waals surface area contributed by atoms with Crippen LogP contribution in [0.4, 0.5) is 15.9 Å². The fourth-order valence-corrected chi connectivity index (χ4v) is 3.57. The second-order valence-corrected chi connectivity index (χ2v) is 8.04. The highest BCUT2D eigenvalue weighted by molar-refractivity contribution is 7.80. The summed E-state index contributed by atoms with van der Waals surface area (Å²) < 4.78 is 16.5. The van der Waals surface area contributed by atoms with Crippen molar-refractivity contribution in [1.82, 2.24) is 19.6 Å². The molecule has 0 amide bonds. The molecule has 0 spiro atoms. The van der Waals surface area contributed by atoms with Gasteiger partial charge in [-0.25, -0.2) is 4.39 Å². The fraction of sp³-hybridized carbons (Fsp3) is 0.0952. The molecule has 0 saturated heterocycles. The molecule has 6 nitrogen and oxygen atoms in total. The average Bonchev–Trinajstić information content (AvgIpc) is 3.29. The molecule has 31 heavy (non-hydrogen) atoms. The van der Waals surface area contributed by atoms with Crippen LogP contribution in [0.25, 0.3) is 0 Å². The maximum absolute atomic E-state index is 13.1. The number of aromatic nitrogens is 4. The van der Waals surface area contributed by atoms with Crippen molar-refractivity contribution in [1.29, 1.82) is 0 Å². The molecule has 0 aliphatic heterocycles. The van der Waals surface area contributed by atoms with Gasteiger partial charge in [0.2, 0.25) is 0 Å². The van der Waals surface area contributed by atoms with Crippen molar-refractivity contribution in [2.45, 2.75) is 13.1 Å². The number of thiocarbonyl (C=S) groups is 1. The molecule has 0 bridgehead atoms. The minimum atomic E-state index is -0.281. The van der Waals surface area contributed by atoms with Crippen molar-refractivity contribution in [2.75, 3.05) is 10.6 Å². The molecule has 2 aromatic heterocycles. The molecule has 0 saturated carbocycles. The van der Waals surface area contributed by atoms with Crippen molar-refractivity contribution in [3.05, 3.63) is 94.1 Å². The number of halogens is 3. The van der Waals surface area contributed by atoms with Crippen LogP contribution in [-0.2, 0) is 13.1 Å². The van der Waals surface area contributed by atoms with E-state index >= 15 is 0 Å². The summed E-state index contributed by atoms with van der Waals surface area (Å²) in [4.78, 5) is 0. The van der Waals surface area contributed by atoms with Crippen LogP contribution in [0.15, 0.2) is 67.1 Å². The van der Waals surface area contributed by atoms with Gasteiger partial charge in [0.05, 0.1) is 25.0 Å². The molecule has 4 rings (SSSR count). The molecular weight excluding hydrogens is 458 g/mol. The maximum atomic E-state index is 13.1. The van der Waals surface area contributed by atoms with E-state index in [1.165, 1.54) is 12.1 Å². The predicted octanol–water partition coefficient (Wildman–Crippen LogP) is 5.43. The molecule has 2 aromatic carbocycles. The highest BCUT2D eigenvalue weighted by Crippen LogP contribution is 2.21. The number of benzene rings is 2. The summed E-state index contributed by atoms with van der Waals surface area (Å²) in [5, 5.41) is 16.2. The van der Waals surface area contributed by atoms with E-state index in [0.717, 1.165) is 16.8 Å². The minimum Gasteiger partial charge on any atom is -0.330 e. The van der Waals surface area contributed by atoms with Gasteiger partial charge in [0, 0.05) is 17.4 Å². The van der Waals surface area contributed by atoms with Gasteiger partial charge in [-0.2, -0.15) is 10.2 Å². The van der Waals surface area contributed by atoms with E-state index in [-0.39, 0.29) is 5.82 Å². The smallest absolute Gasteiger partial charge is 0.176 e. The number of hydrogen-bond acceptors (Lipinski definition) is 3. The van der Waals surface area contributed by atoms with E-state index in [9.17, 15) is 4.39 Å². The van der Waals surface area contributed by atoms with Crippen molar-refractivity contribution < 1.29 is 4.39 Å². The van der Waals surface area contributed by atoms with Gasteiger partial charge < -0.3 is 10.6 Å². The highest BCUT2D eigenvalue weighted by atomic mass is 35.5. The monoisotopic (exact) mass is 474 g/mol. The lowest BCUT2D eigenvalue weighted by Gasteiger charge is -2.07. The van der Waals surface area contributed by atoms with E-state index in [1.54, 1.807) is 33.9 Å². The molecule has 0 atom stereocenters. The quantitative estimate of drug-likeness (QED) is 0.364. The van der Waals surface area contributed by atoms with Crippen molar-refractivity contribution in [3.63, 3.8) is 0 Å². The van der Waals surface area contributed by atoms with Crippen molar-refractivity contribution >= 4 is 52.0 Å². The zero-order chi connectivity index (χ0) is 21.8. The van der Waals surface area contributed by atoms with Crippen molar-refractivity contribution in [3.8, 4) is 0 Å². The Hall–Kier alpha value is -2.94. The largest absolute Gasteiger partial charge is 0.330 e. The van der Waals surface area contributed by atoms with E-state index in [1.807, 2.05) is 30.5 Å². The molecule has 0 unspecified atom stereocenters. The van der Waals surface area contributed by atoms with Gasteiger partial charge >= 0.3 is 0 Å². The Morgan fingerprint density at radius 2 is 1.74 bits per heavy atom. The molecule has 2 heterocycles. The van der Waals surface area contributed by atoms with Crippen LogP contribution in [0.1, 0.15) is 11.1 Å². The third-order valence-corrected chi connectivity index (χ3v) is 5.05. The summed E-state index contributed by atoms with van der Waals surface area (Å²) in [6.45, 7) is 1.04. The fourth-order valence-electron chi connectivity index (χ4n) is 2.95. The number of anilines is 2. The summed E-state index contributed by atoms with van der Waals surface area (Å²) in [7, 11) is 0. The Morgan fingerprint density at radius 1 is 0.968 bits per heavy atom. The number of rotatable bonds is 6. The van der Waals surface area contributed by atoms with Gasteiger partial charge in [-0.1, -0.05) is 47.5 Å². The first kappa shape index (κ1) is 21.3. The second-order valence-electron chi connectivity index (χ2n) is 6.79. The molecule has 2 N–H and O–H groups in total. The second kappa shape index (κ2) is 9.47. The van der Waals surface area contributed by atoms with Crippen LogP contribution in [0.3, 0.4) is 0 Å². The number of hydrogen-bond donors (Lipinski definition) is 2. The Bertz CT molecular complexity index is 1200. The van der Waals surface area contributed by atoms with Crippen LogP contribution >= 0.6 is 35.4 Å². The molecule has 10 heteroatoms. The number of nitrogens with one attached hydrogen (secondary N) is 2. The van der Waals surface area contributed by atoms with Gasteiger partial charge in [-0.3, -0.25) is 9.36 Å². The molecule has 4 aromatic rings. The zero-order valence-corrected chi connectivity index (χ0v) is 18.4. The van der Waals surface area contributed by atoms with Crippen LogP contribution in [-0.4, -0.2) is 24.7 Å². The predicted molar refractivity (Wildman–Crippen MR) is 125 cm³/mol. The normalized spacial score (nSPS) is 10.8. The van der Waals surface area contributed by atoms with E-state index < -0.39 is 0 Å². The van der Waals surface area contributed by atoms with Crippen LogP contribution in [0, 0.1) is 5.82 Å². The summed E-state index contributed by atoms with van der Waals surface area (Å²) >= 11 is 17.7. The van der Waals surface area contributed by atoms with Gasteiger partial charge in [0.15, 0.2) is 10.9 Å². The van der Waals surface area contributed by atoms with Crippen molar-refractivity contribution in [2.24, 2.45) is 0 Å². The third kappa shape index (κ3) is 5.81. The van der Waals surface area contributed by atoms with Gasteiger partial charge in [0.1, 0.15) is 10.8 Å². The first-order valence-electron chi connectivity index (χ1n) is 9.27. The highest BCUT2D eigenvalue weighted by Gasteiger charge is 2.10. The van der Waals surface area contributed by atoms with E-state index in [2.05, 4.69) is 20.8 Å². The lowest BCUT2D eigenvalue weighted by Crippen LogP contribution is -2.19. The average molecular weight is 475 g/mol. The summed E-state index contributed by atoms with van der Waals surface area (Å²) in [6.07, 6.45) is 5.19. The molecule has 0 radical (unpaired) electrons. The Balaban J connectivity index is 1.35. The van der Waals surface area contributed by atoms with E-state index in [4.69, 9.17) is 35.4 Å². The summed E-state index contributed by atoms with van der Waals surface area (Å²) in [6, 6.07) is 13.8. The first-order valence-corrected chi connectivity index (χ1v) is 10.4. The van der Waals surface area contributed by atoms with E-state index in [0.29, 0.717) is 34.1 Å². The molecule has 0 aliphatic rings. The number of nitrogens with zero attached hydrogens (tertiary/aromatic N) is 4.